The third kappa shape index (κ3) is 1.75. The number of rotatable bonds is 1. The number of pyridine rings is 1. The molecule has 0 aliphatic heterocycles. The predicted octanol–water partition coefficient (Wildman–Crippen LogP) is 5.09. The molecule has 0 aliphatic rings. The van der Waals surface area contributed by atoms with Crippen LogP contribution in [-0.4, -0.2) is 4.98 Å². The zero-order chi connectivity index (χ0) is 16.1. The molecule has 5 aromatic rings. The first-order valence-electron chi connectivity index (χ1n) is 7.83. The van der Waals surface area contributed by atoms with Crippen LogP contribution in [0.3, 0.4) is 0 Å². The fraction of sp³-hybridized carbons (Fsp3) is 0. The normalized spacial score (nSPS) is 11.5. The lowest BCUT2D eigenvalue weighted by Gasteiger charge is -2.05. The standard InChI is InChI=1S/C21H13NO2/c23-21-14-8-4-5-9-17(14)22-20-15(21)10-11-18-19(20)16(12-24-18)13-6-2-1-3-7-13/h1-12H,(H,22,23). The van der Waals surface area contributed by atoms with E-state index in [1.807, 2.05) is 66.7 Å². The Bertz CT molecular complexity index is 1260. The third-order valence-electron chi connectivity index (χ3n) is 4.50. The van der Waals surface area contributed by atoms with Crippen LogP contribution in [0.25, 0.3) is 43.9 Å². The number of nitrogens with one attached hydrogen (secondary N) is 1. The van der Waals surface area contributed by atoms with Crippen molar-refractivity contribution in [2.75, 3.05) is 0 Å². The van der Waals surface area contributed by atoms with Gasteiger partial charge in [-0.3, -0.25) is 4.79 Å². The molecule has 0 aliphatic carbocycles. The number of furan rings is 1. The molecule has 3 nitrogen and oxygen atoms in total. The third-order valence-corrected chi connectivity index (χ3v) is 4.50. The fourth-order valence-electron chi connectivity index (χ4n) is 3.35. The highest BCUT2D eigenvalue weighted by molar-refractivity contribution is 6.12. The number of fused-ring (bicyclic) bond motifs is 4. The second-order valence-electron chi connectivity index (χ2n) is 5.88. The SMILES string of the molecule is O=c1c2ccccc2[nH]c2c1ccc1occ(-c3ccccc3)c12. The van der Waals surface area contributed by atoms with Gasteiger partial charge >= 0.3 is 0 Å². The average Bonchev–Trinajstić information content (AvgIpc) is 3.07. The van der Waals surface area contributed by atoms with Gasteiger partial charge in [-0.1, -0.05) is 42.5 Å². The molecule has 1 N–H and O–H groups in total. The van der Waals surface area contributed by atoms with E-state index in [2.05, 4.69) is 4.98 Å². The van der Waals surface area contributed by atoms with Crippen molar-refractivity contribution in [3.8, 4) is 11.1 Å². The molecule has 0 radical (unpaired) electrons. The predicted molar refractivity (Wildman–Crippen MR) is 97.3 cm³/mol. The number of H-pyrrole nitrogens is 1. The molecule has 2 aromatic heterocycles. The average molecular weight is 311 g/mol. The highest BCUT2D eigenvalue weighted by Gasteiger charge is 2.14. The van der Waals surface area contributed by atoms with Gasteiger partial charge in [0.2, 0.25) is 0 Å². The summed E-state index contributed by atoms with van der Waals surface area (Å²) in [4.78, 5) is 16.3. The highest BCUT2D eigenvalue weighted by atomic mass is 16.3. The first-order valence-corrected chi connectivity index (χ1v) is 7.83. The van der Waals surface area contributed by atoms with Gasteiger partial charge in [0.05, 0.1) is 17.2 Å². The van der Waals surface area contributed by atoms with Crippen molar-refractivity contribution in [1.82, 2.24) is 4.98 Å². The monoisotopic (exact) mass is 311 g/mol. The number of hydrogen-bond donors (Lipinski definition) is 1. The van der Waals surface area contributed by atoms with Gasteiger partial charge in [-0.15, -0.1) is 0 Å². The molecule has 0 unspecified atom stereocenters. The van der Waals surface area contributed by atoms with Crippen LogP contribution in [0.2, 0.25) is 0 Å². The maximum absolute atomic E-state index is 12.9. The molecule has 0 spiro atoms. The van der Waals surface area contributed by atoms with Crippen LogP contribution in [0.4, 0.5) is 0 Å². The van der Waals surface area contributed by atoms with E-state index < -0.39 is 0 Å². The Labute approximate surface area is 137 Å². The van der Waals surface area contributed by atoms with Crippen molar-refractivity contribution >= 4 is 32.8 Å². The molecule has 0 amide bonds. The van der Waals surface area contributed by atoms with Crippen molar-refractivity contribution in [2.24, 2.45) is 0 Å². The lowest BCUT2D eigenvalue weighted by molar-refractivity contribution is 0.617. The van der Waals surface area contributed by atoms with Gasteiger partial charge in [0.15, 0.2) is 5.43 Å². The molecule has 0 bridgehead atoms. The van der Waals surface area contributed by atoms with E-state index in [4.69, 9.17) is 4.42 Å². The number of aromatic amines is 1. The number of hydrogen-bond acceptors (Lipinski definition) is 2. The van der Waals surface area contributed by atoms with Crippen molar-refractivity contribution < 1.29 is 4.42 Å². The van der Waals surface area contributed by atoms with E-state index in [-0.39, 0.29) is 5.43 Å². The maximum atomic E-state index is 12.9. The summed E-state index contributed by atoms with van der Waals surface area (Å²) in [6.07, 6.45) is 1.76. The fourth-order valence-corrected chi connectivity index (χ4v) is 3.35. The van der Waals surface area contributed by atoms with Gasteiger partial charge in [-0.2, -0.15) is 0 Å². The van der Waals surface area contributed by atoms with E-state index in [9.17, 15) is 4.79 Å². The Kier molecular flexibility index (Phi) is 2.65. The highest BCUT2D eigenvalue weighted by Crippen LogP contribution is 2.34. The van der Waals surface area contributed by atoms with Gasteiger partial charge < -0.3 is 9.40 Å². The molecule has 114 valence electrons. The first kappa shape index (κ1) is 13.1. The van der Waals surface area contributed by atoms with Crippen molar-refractivity contribution in [3.05, 3.63) is 83.2 Å². The zero-order valence-corrected chi connectivity index (χ0v) is 12.7. The van der Waals surface area contributed by atoms with E-state index in [0.717, 1.165) is 33.1 Å². The molecule has 0 fully saturated rings. The van der Waals surface area contributed by atoms with Crippen molar-refractivity contribution in [2.45, 2.75) is 0 Å². The van der Waals surface area contributed by atoms with Gasteiger partial charge in [0, 0.05) is 21.9 Å². The summed E-state index contributed by atoms with van der Waals surface area (Å²) in [5, 5.41) is 2.33. The maximum Gasteiger partial charge on any atom is 0.197 e. The molecule has 0 saturated heterocycles. The Hall–Kier alpha value is -3.33. The van der Waals surface area contributed by atoms with Crippen LogP contribution in [0, 0.1) is 0 Å². The molecular formula is C21H13NO2. The quantitative estimate of drug-likeness (QED) is 0.438. The molecule has 24 heavy (non-hydrogen) atoms. The molecule has 2 heterocycles. The lowest BCUT2D eigenvalue weighted by Crippen LogP contribution is -2.04. The first-order chi connectivity index (χ1) is 11.8. The topological polar surface area (TPSA) is 46.0 Å². The summed E-state index contributed by atoms with van der Waals surface area (Å²) < 4.78 is 5.74. The zero-order valence-electron chi connectivity index (χ0n) is 12.7. The second-order valence-corrected chi connectivity index (χ2v) is 5.88. The Morgan fingerprint density at radius 2 is 1.58 bits per heavy atom. The second kappa shape index (κ2) is 4.83. The lowest BCUT2D eigenvalue weighted by atomic mass is 10.0. The minimum absolute atomic E-state index is 0.0430. The minimum atomic E-state index is 0.0430. The summed E-state index contributed by atoms with van der Waals surface area (Å²) >= 11 is 0. The molecule has 3 heteroatoms. The molecule has 5 rings (SSSR count). The van der Waals surface area contributed by atoms with Crippen LogP contribution < -0.4 is 5.43 Å². The summed E-state index contributed by atoms with van der Waals surface area (Å²) in [7, 11) is 0. The van der Waals surface area contributed by atoms with Gasteiger partial charge in [0.1, 0.15) is 5.58 Å². The minimum Gasteiger partial charge on any atom is -0.464 e. The smallest absolute Gasteiger partial charge is 0.197 e. The van der Waals surface area contributed by atoms with Crippen LogP contribution in [-0.2, 0) is 0 Å². The number of para-hydroxylation sites is 1. The van der Waals surface area contributed by atoms with E-state index in [1.54, 1.807) is 6.26 Å². The van der Waals surface area contributed by atoms with Crippen molar-refractivity contribution in [3.63, 3.8) is 0 Å². The molecular weight excluding hydrogens is 298 g/mol. The summed E-state index contributed by atoms with van der Waals surface area (Å²) in [6, 6.07) is 21.4. The largest absolute Gasteiger partial charge is 0.464 e. The van der Waals surface area contributed by atoms with Gasteiger partial charge in [0.25, 0.3) is 0 Å². The van der Waals surface area contributed by atoms with Crippen molar-refractivity contribution in [1.29, 1.82) is 0 Å². The van der Waals surface area contributed by atoms with Crippen LogP contribution in [0.1, 0.15) is 0 Å². The van der Waals surface area contributed by atoms with E-state index in [0.29, 0.717) is 10.8 Å². The van der Waals surface area contributed by atoms with Crippen LogP contribution in [0.5, 0.6) is 0 Å². The van der Waals surface area contributed by atoms with Crippen LogP contribution >= 0.6 is 0 Å². The van der Waals surface area contributed by atoms with Gasteiger partial charge in [-0.05, 0) is 29.8 Å². The molecule has 3 aromatic carbocycles. The van der Waals surface area contributed by atoms with E-state index >= 15 is 0 Å². The summed E-state index contributed by atoms with van der Waals surface area (Å²) in [6.45, 7) is 0. The van der Waals surface area contributed by atoms with Gasteiger partial charge in [-0.25, -0.2) is 0 Å². The van der Waals surface area contributed by atoms with E-state index in [1.165, 1.54) is 0 Å². The summed E-state index contributed by atoms with van der Waals surface area (Å²) in [5.74, 6) is 0. The summed E-state index contributed by atoms with van der Waals surface area (Å²) in [5.41, 5.74) is 4.53. The van der Waals surface area contributed by atoms with Crippen LogP contribution in [0.15, 0.2) is 82.2 Å². The number of benzene rings is 3. The Balaban J connectivity index is 2.00. The molecule has 0 atom stereocenters. The molecule has 0 saturated carbocycles. The Morgan fingerprint density at radius 1 is 0.792 bits per heavy atom. The number of aromatic nitrogens is 1. The Morgan fingerprint density at radius 3 is 2.46 bits per heavy atom.